The molecule has 0 aromatic heterocycles. The first-order chi connectivity index (χ1) is 30.1. The number of aliphatic hydroxyl groups excluding tert-OH is 3. The molecule has 0 saturated carbocycles. The van der Waals surface area contributed by atoms with Gasteiger partial charge in [0.1, 0.15) is 30.5 Å². The fourth-order valence-corrected chi connectivity index (χ4v) is 6.55. The number of allylic oxidation sites excluding steroid dienone is 18. The number of unbranched alkanes of at least 4 members (excludes halogenated alkanes) is 6. The van der Waals surface area contributed by atoms with E-state index in [2.05, 4.69) is 127 Å². The van der Waals surface area contributed by atoms with E-state index in [1.807, 2.05) is 0 Å². The summed E-state index contributed by atoms with van der Waals surface area (Å²) in [5, 5.41) is 30.7. The molecule has 352 valence electrons. The van der Waals surface area contributed by atoms with Crippen molar-refractivity contribution in [3.05, 3.63) is 109 Å². The monoisotopic (exact) mass is 891 g/mol. The van der Waals surface area contributed by atoms with Crippen LogP contribution in [0.1, 0.15) is 129 Å². The molecule has 0 amide bonds. The van der Waals surface area contributed by atoms with Crippen molar-refractivity contribution in [1.82, 2.24) is 0 Å². The normalized spacial score (nSPS) is 21.0. The highest BCUT2D eigenvalue weighted by Crippen LogP contribution is 2.26. The Kier molecular flexibility index (Phi) is 36.0. The van der Waals surface area contributed by atoms with Gasteiger partial charge in [-0.15, -0.1) is 0 Å². The average molecular weight is 891 g/mol. The molecule has 13 heteroatoms. The molecule has 62 heavy (non-hydrogen) atoms. The fraction of sp³-hybridized carbons (Fsp3) is 0.612. The van der Waals surface area contributed by atoms with Crippen LogP contribution in [0.5, 0.6) is 0 Å². The van der Waals surface area contributed by atoms with Crippen LogP contribution in [0, 0.1) is 0 Å². The Bertz CT molecular complexity index is 1490. The summed E-state index contributed by atoms with van der Waals surface area (Å²) in [6.07, 6.45) is 45.5. The summed E-state index contributed by atoms with van der Waals surface area (Å²) in [4.78, 5) is 12.8. The number of rotatable bonds is 37. The molecule has 6 unspecified atom stereocenters. The van der Waals surface area contributed by atoms with Gasteiger partial charge in [-0.25, -0.2) is 4.18 Å². The van der Waals surface area contributed by atoms with Crippen LogP contribution in [0.25, 0.3) is 0 Å². The molecule has 1 saturated heterocycles. The highest BCUT2D eigenvalue weighted by Gasteiger charge is 2.48. The van der Waals surface area contributed by atoms with Gasteiger partial charge in [-0.2, -0.15) is 8.42 Å². The van der Waals surface area contributed by atoms with E-state index < -0.39 is 59.8 Å². The third kappa shape index (κ3) is 32.4. The molecule has 1 rings (SSSR count). The van der Waals surface area contributed by atoms with Crippen LogP contribution in [0.15, 0.2) is 109 Å². The molecule has 0 radical (unpaired) electrons. The summed E-state index contributed by atoms with van der Waals surface area (Å²) in [6, 6.07) is 0. The highest BCUT2D eigenvalue weighted by atomic mass is 32.3. The molecule has 0 spiro atoms. The number of ether oxygens (including phenoxy) is 4. The van der Waals surface area contributed by atoms with Crippen LogP contribution in [0.3, 0.4) is 0 Å². The van der Waals surface area contributed by atoms with E-state index in [1.54, 1.807) is 0 Å². The summed E-state index contributed by atoms with van der Waals surface area (Å²) in [6.45, 7) is 3.59. The second-order valence-electron chi connectivity index (χ2n) is 14.9. The van der Waals surface area contributed by atoms with Gasteiger partial charge in [0.25, 0.3) is 0 Å². The summed E-state index contributed by atoms with van der Waals surface area (Å²) < 4.78 is 59.0. The van der Waals surface area contributed by atoms with Crippen molar-refractivity contribution in [3.8, 4) is 0 Å². The Hall–Kier alpha value is -3.24. The second kappa shape index (κ2) is 39.4. The van der Waals surface area contributed by atoms with Crippen LogP contribution in [-0.4, -0.2) is 97.5 Å². The molecule has 1 aliphatic heterocycles. The predicted molar refractivity (Wildman–Crippen MR) is 248 cm³/mol. The van der Waals surface area contributed by atoms with E-state index in [1.165, 1.54) is 0 Å². The van der Waals surface area contributed by atoms with Crippen molar-refractivity contribution in [3.63, 3.8) is 0 Å². The number of aliphatic hydroxyl groups is 3. The van der Waals surface area contributed by atoms with Gasteiger partial charge in [-0.1, -0.05) is 136 Å². The summed E-state index contributed by atoms with van der Waals surface area (Å²) >= 11 is 0. The number of esters is 1. The van der Waals surface area contributed by atoms with Crippen molar-refractivity contribution in [2.75, 3.05) is 26.4 Å². The second-order valence-corrected chi connectivity index (χ2v) is 15.9. The summed E-state index contributed by atoms with van der Waals surface area (Å²) in [5.41, 5.74) is 0. The van der Waals surface area contributed by atoms with Gasteiger partial charge < -0.3 is 34.3 Å². The minimum Gasteiger partial charge on any atom is -0.457 e. The fourth-order valence-electron chi connectivity index (χ4n) is 6.04. The van der Waals surface area contributed by atoms with E-state index >= 15 is 0 Å². The lowest BCUT2D eigenvalue weighted by Crippen LogP contribution is -2.60. The number of carbonyl (C=O) groups excluding carboxylic acids is 1. The SMILES string of the molecule is CC/C=C\C/C=C\C/C=C\C/C=C\C/C=C\CCCCOCC(COC1OC(CO)C(O)C(OS(=O)(=O)O)C1O)OC(=O)CCCCCC/C=C\C/C=C\C/C=C\C/C=C\CC. The largest absolute Gasteiger partial charge is 0.457 e. The zero-order valence-electron chi connectivity index (χ0n) is 37.4. The van der Waals surface area contributed by atoms with E-state index in [0.717, 1.165) is 103 Å². The van der Waals surface area contributed by atoms with Gasteiger partial charge in [0.15, 0.2) is 6.29 Å². The molecule has 0 aromatic carbocycles. The first-order valence-corrected chi connectivity index (χ1v) is 24.0. The van der Waals surface area contributed by atoms with Crippen LogP contribution in [0.4, 0.5) is 0 Å². The zero-order valence-corrected chi connectivity index (χ0v) is 38.2. The zero-order chi connectivity index (χ0) is 45.4. The lowest BCUT2D eigenvalue weighted by molar-refractivity contribution is -0.301. The molecule has 0 aliphatic carbocycles. The topological polar surface area (TPSA) is 178 Å². The number of hydrogen-bond acceptors (Lipinski definition) is 11. The maximum absolute atomic E-state index is 12.8. The van der Waals surface area contributed by atoms with Crippen molar-refractivity contribution in [2.45, 2.75) is 166 Å². The van der Waals surface area contributed by atoms with Gasteiger partial charge in [0, 0.05) is 13.0 Å². The summed E-state index contributed by atoms with van der Waals surface area (Å²) in [7, 11) is -5.08. The Labute approximate surface area is 373 Å². The molecule has 0 bridgehead atoms. The van der Waals surface area contributed by atoms with Crippen molar-refractivity contribution < 1.29 is 56.2 Å². The van der Waals surface area contributed by atoms with E-state index in [0.29, 0.717) is 13.0 Å². The Morgan fingerprint density at radius 1 is 0.613 bits per heavy atom. The Balaban J connectivity index is 2.50. The standard InChI is InChI=1S/C49H78O12S/c1-3-5-7-9-11-13-15-17-19-21-23-25-27-29-31-33-35-37-39-57-41-43(42-58-49-47(53)48(61-62(54,55)56)46(52)44(40-50)60-49)59-45(51)38-36-34-32-30-28-26-24-22-20-18-16-14-12-10-8-6-4-2/h5-8,11-14,17-20,23-26,29,31,43-44,46-50,52-53H,3-4,9-10,15-16,21-22,27-28,30,32-42H2,1-2H3,(H,54,55,56)/b7-5-,8-6-,13-11-,14-12-,19-17-,20-18-,25-23-,26-24-,31-29-. The average Bonchev–Trinajstić information content (AvgIpc) is 3.24. The minimum atomic E-state index is -5.08. The molecular weight excluding hydrogens is 813 g/mol. The highest BCUT2D eigenvalue weighted by molar-refractivity contribution is 7.80. The van der Waals surface area contributed by atoms with Gasteiger partial charge in [-0.05, 0) is 96.3 Å². The Morgan fingerprint density at radius 3 is 1.53 bits per heavy atom. The van der Waals surface area contributed by atoms with E-state index in [9.17, 15) is 28.5 Å². The quantitative estimate of drug-likeness (QED) is 0.0201. The lowest BCUT2D eigenvalue weighted by Gasteiger charge is -2.41. The maximum atomic E-state index is 12.8. The van der Waals surface area contributed by atoms with Crippen molar-refractivity contribution >= 4 is 16.4 Å². The molecule has 0 aromatic rings. The van der Waals surface area contributed by atoms with E-state index in [-0.39, 0.29) is 19.6 Å². The molecule has 4 N–H and O–H groups in total. The number of hydrogen-bond donors (Lipinski definition) is 4. The van der Waals surface area contributed by atoms with Gasteiger partial charge >= 0.3 is 16.4 Å². The van der Waals surface area contributed by atoms with Crippen molar-refractivity contribution in [1.29, 1.82) is 0 Å². The molecular formula is C49H78O12S. The van der Waals surface area contributed by atoms with E-state index in [4.69, 9.17) is 23.5 Å². The minimum absolute atomic E-state index is 0.0118. The predicted octanol–water partition coefficient (Wildman–Crippen LogP) is 9.63. The molecule has 1 heterocycles. The maximum Gasteiger partial charge on any atom is 0.397 e. The first kappa shape index (κ1) is 56.8. The van der Waals surface area contributed by atoms with Gasteiger partial charge in [-0.3, -0.25) is 9.35 Å². The molecule has 1 aliphatic rings. The van der Waals surface area contributed by atoms with Crippen LogP contribution < -0.4 is 0 Å². The lowest BCUT2D eigenvalue weighted by atomic mass is 9.99. The molecule has 6 atom stereocenters. The van der Waals surface area contributed by atoms with Crippen LogP contribution in [0.2, 0.25) is 0 Å². The van der Waals surface area contributed by atoms with Gasteiger partial charge in [0.2, 0.25) is 0 Å². The smallest absolute Gasteiger partial charge is 0.397 e. The molecule has 1 fully saturated rings. The first-order valence-electron chi connectivity index (χ1n) is 22.6. The van der Waals surface area contributed by atoms with Crippen molar-refractivity contribution in [2.24, 2.45) is 0 Å². The third-order valence-electron chi connectivity index (χ3n) is 9.39. The van der Waals surface area contributed by atoms with Crippen LogP contribution in [-0.2, 0) is 38.3 Å². The Morgan fingerprint density at radius 2 is 1.06 bits per heavy atom. The summed E-state index contributed by atoms with van der Waals surface area (Å²) in [5.74, 6) is -0.444. The van der Waals surface area contributed by atoms with Crippen LogP contribution >= 0.6 is 0 Å². The third-order valence-corrected chi connectivity index (χ3v) is 9.86. The number of carbonyl (C=O) groups is 1. The molecule has 12 nitrogen and oxygen atoms in total. The van der Waals surface area contributed by atoms with Gasteiger partial charge in [0.05, 0.1) is 19.8 Å².